The van der Waals surface area contributed by atoms with E-state index in [-0.39, 0.29) is 30.2 Å². The molecule has 20 heavy (non-hydrogen) atoms. The maximum absolute atomic E-state index is 13.6. The fourth-order valence-corrected chi connectivity index (χ4v) is 3.75. The molecule has 0 aromatic heterocycles. The van der Waals surface area contributed by atoms with Crippen molar-refractivity contribution in [2.45, 2.75) is 12.5 Å². The van der Waals surface area contributed by atoms with Gasteiger partial charge in [0.05, 0.1) is 12.4 Å². The van der Waals surface area contributed by atoms with Gasteiger partial charge in [-0.25, -0.2) is 4.39 Å². The van der Waals surface area contributed by atoms with Crippen LogP contribution in [0, 0.1) is 5.82 Å². The molecule has 106 valence electrons. The van der Waals surface area contributed by atoms with Crippen LogP contribution < -0.4 is 0 Å². The van der Waals surface area contributed by atoms with E-state index >= 15 is 0 Å². The zero-order valence-electron chi connectivity index (χ0n) is 10.9. The molecule has 2 fully saturated rings. The summed E-state index contributed by atoms with van der Waals surface area (Å²) < 4.78 is 13.6. The van der Waals surface area contributed by atoms with Gasteiger partial charge in [-0.1, -0.05) is 18.2 Å². The highest BCUT2D eigenvalue weighted by Gasteiger charge is 2.42. The summed E-state index contributed by atoms with van der Waals surface area (Å²) in [5, 5.41) is 0. The topological polar surface area (TPSA) is 40.6 Å². The van der Waals surface area contributed by atoms with Crippen molar-refractivity contribution in [1.29, 1.82) is 0 Å². The summed E-state index contributed by atoms with van der Waals surface area (Å²) in [5.74, 6) is 0.998. The van der Waals surface area contributed by atoms with Crippen LogP contribution in [0.25, 0.3) is 0 Å². The molecule has 0 spiro atoms. The second-order valence-corrected chi connectivity index (χ2v) is 5.98. The quantitative estimate of drug-likeness (QED) is 0.838. The van der Waals surface area contributed by atoms with Crippen molar-refractivity contribution >= 4 is 23.6 Å². The summed E-state index contributed by atoms with van der Waals surface area (Å²) >= 11 is 1.60. The molecule has 1 aromatic rings. The van der Waals surface area contributed by atoms with Crippen LogP contribution in [0.4, 0.5) is 4.39 Å². The Kier molecular flexibility index (Phi) is 3.65. The first-order valence-corrected chi connectivity index (χ1v) is 7.71. The fourth-order valence-electron chi connectivity index (χ4n) is 2.58. The zero-order chi connectivity index (χ0) is 14.1. The highest BCUT2D eigenvalue weighted by atomic mass is 32.2. The molecule has 6 heteroatoms. The number of hydrogen-bond donors (Lipinski definition) is 0. The van der Waals surface area contributed by atoms with E-state index in [1.165, 1.54) is 6.07 Å². The molecular formula is C14H15FN2O2S. The summed E-state index contributed by atoms with van der Waals surface area (Å²) in [6.45, 7) is 0.505. The van der Waals surface area contributed by atoms with Gasteiger partial charge >= 0.3 is 0 Å². The molecule has 0 saturated carbocycles. The van der Waals surface area contributed by atoms with Crippen molar-refractivity contribution in [3.63, 3.8) is 0 Å². The Bertz CT molecular complexity index is 552. The van der Waals surface area contributed by atoms with E-state index in [9.17, 15) is 14.0 Å². The third-order valence-electron chi connectivity index (χ3n) is 3.73. The van der Waals surface area contributed by atoms with E-state index in [0.29, 0.717) is 30.2 Å². The van der Waals surface area contributed by atoms with Gasteiger partial charge in [-0.3, -0.25) is 9.59 Å². The predicted molar refractivity (Wildman–Crippen MR) is 74.6 cm³/mol. The van der Waals surface area contributed by atoms with Crippen molar-refractivity contribution in [3.05, 3.63) is 35.6 Å². The number of benzene rings is 1. The second-order valence-electron chi connectivity index (χ2n) is 4.98. The normalized spacial score (nSPS) is 22.4. The maximum atomic E-state index is 13.6. The Hall–Kier alpha value is -1.56. The van der Waals surface area contributed by atoms with Crippen LogP contribution in [0.1, 0.15) is 5.56 Å². The lowest BCUT2D eigenvalue weighted by Gasteiger charge is -2.35. The molecule has 1 unspecified atom stereocenters. The van der Waals surface area contributed by atoms with Crippen LogP contribution in [-0.2, 0) is 16.0 Å². The Morgan fingerprint density at radius 2 is 2.10 bits per heavy atom. The lowest BCUT2D eigenvalue weighted by atomic mass is 10.1. The first-order chi connectivity index (χ1) is 9.66. The van der Waals surface area contributed by atoms with Gasteiger partial charge in [-0.05, 0) is 18.1 Å². The maximum Gasteiger partial charge on any atom is 0.246 e. The molecule has 2 heterocycles. The Labute approximate surface area is 120 Å². The summed E-state index contributed by atoms with van der Waals surface area (Å²) in [7, 11) is 0. The van der Waals surface area contributed by atoms with Gasteiger partial charge < -0.3 is 9.80 Å². The van der Waals surface area contributed by atoms with Crippen LogP contribution in [0.15, 0.2) is 24.3 Å². The molecule has 2 amide bonds. The van der Waals surface area contributed by atoms with Gasteiger partial charge in [0.15, 0.2) is 0 Å². The molecule has 0 N–H and O–H groups in total. The Balaban J connectivity index is 1.67. The van der Waals surface area contributed by atoms with Gasteiger partial charge in [0, 0.05) is 12.3 Å². The number of rotatable bonds is 3. The SMILES string of the molecule is O=C1C2CSCN2C(=O)CN1CCc1ccccc1F. The number of carbonyl (C=O) groups excluding carboxylic acids is 2. The van der Waals surface area contributed by atoms with Gasteiger partial charge in [0.2, 0.25) is 11.8 Å². The van der Waals surface area contributed by atoms with Crippen LogP contribution in [-0.4, -0.2) is 52.4 Å². The van der Waals surface area contributed by atoms with Crippen molar-refractivity contribution in [3.8, 4) is 0 Å². The average Bonchev–Trinajstić information content (AvgIpc) is 2.93. The Morgan fingerprint density at radius 1 is 1.30 bits per heavy atom. The van der Waals surface area contributed by atoms with Crippen LogP contribution in [0.3, 0.4) is 0 Å². The molecular weight excluding hydrogens is 279 g/mol. The molecule has 0 bridgehead atoms. The molecule has 1 aromatic carbocycles. The van der Waals surface area contributed by atoms with Gasteiger partial charge in [0.1, 0.15) is 11.9 Å². The Morgan fingerprint density at radius 3 is 2.90 bits per heavy atom. The monoisotopic (exact) mass is 294 g/mol. The summed E-state index contributed by atoms with van der Waals surface area (Å²) in [6.07, 6.45) is 0.436. The number of piperazine rings is 1. The lowest BCUT2D eigenvalue weighted by Crippen LogP contribution is -2.58. The summed E-state index contributed by atoms with van der Waals surface area (Å²) in [5.41, 5.74) is 0.580. The van der Waals surface area contributed by atoms with E-state index in [0.717, 1.165) is 0 Å². The first kappa shape index (κ1) is 13.4. The second kappa shape index (κ2) is 5.44. The van der Waals surface area contributed by atoms with E-state index in [4.69, 9.17) is 0 Å². The number of nitrogens with zero attached hydrogens (tertiary/aromatic N) is 2. The predicted octanol–water partition coefficient (Wildman–Crippen LogP) is 1.11. The molecule has 0 radical (unpaired) electrons. The largest absolute Gasteiger partial charge is 0.331 e. The van der Waals surface area contributed by atoms with Gasteiger partial charge in [-0.2, -0.15) is 0 Å². The molecule has 2 aliphatic heterocycles. The molecule has 4 nitrogen and oxygen atoms in total. The zero-order valence-corrected chi connectivity index (χ0v) is 11.7. The highest BCUT2D eigenvalue weighted by molar-refractivity contribution is 7.99. The number of hydrogen-bond acceptors (Lipinski definition) is 3. The molecule has 1 atom stereocenters. The number of thioether (sulfide) groups is 1. The van der Waals surface area contributed by atoms with E-state index in [1.54, 1.807) is 39.8 Å². The van der Waals surface area contributed by atoms with E-state index in [2.05, 4.69) is 0 Å². The van der Waals surface area contributed by atoms with Gasteiger partial charge in [0.25, 0.3) is 0 Å². The van der Waals surface area contributed by atoms with E-state index in [1.807, 2.05) is 0 Å². The number of carbonyl (C=O) groups is 2. The van der Waals surface area contributed by atoms with Crippen LogP contribution >= 0.6 is 11.8 Å². The minimum absolute atomic E-state index is 0.00636. The smallest absolute Gasteiger partial charge is 0.246 e. The first-order valence-electron chi connectivity index (χ1n) is 6.56. The summed E-state index contributed by atoms with van der Waals surface area (Å²) in [4.78, 5) is 27.4. The molecule has 2 saturated heterocycles. The third kappa shape index (κ3) is 2.40. The molecule has 2 aliphatic rings. The average molecular weight is 294 g/mol. The fraction of sp³-hybridized carbons (Fsp3) is 0.429. The van der Waals surface area contributed by atoms with Crippen molar-refractivity contribution < 1.29 is 14.0 Å². The highest BCUT2D eigenvalue weighted by Crippen LogP contribution is 2.26. The van der Waals surface area contributed by atoms with Crippen LogP contribution in [0.2, 0.25) is 0 Å². The standard InChI is InChI=1S/C14H15FN2O2S/c15-11-4-2-1-3-10(11)5-6-16-7-13(18)17-9-20-8-12(17)14(16)19/h1-4,12H,5-9H2. The number of amides is 2. The molecule has 0 aliphatic carbocycles. The third-order valence-corrected chi connectivity index (χ3v) is 4.75. The van der Waals surface area contributed by atoms with Crippen molar-refractivity contribution in [2.24, 2.45) is 0 Å². The molecule has 3 rings (SSSR count). The van der Waals surface area contributed by atoms with Crippen molar-refractivity contribution in [1.82, 2.24) is 9.80 Å². The van der Waals surface area contributed by atoms with Crippen LogP contribution in [0.5, 0.6) is 0 Å². The van der Waals surface area contributed by atoms with E-state index < -0.39 is 0 Å². The number of halogens is 1. The van der Waals surface area contributed by atoms with Crippen molar-refractivity contribution in [2.75, 3.05) is 24.7 Å². The number of fused-ring (bicyclic) bond motifs is 1. The minimum Gasteiger partial charge on any atom is -0.331 e. The van der Waals surface area contributed by atoms with Gasteiger partial charge in [-0.15, -0.1) is 11.8 Å². The minimum atomic E-state index is -0.318. The summed E-state index contributed by atoms with van der Waals surface area (Å²) in [6, 6.07) is 6.22. The lowest BCUT2D eigenvalue weighted by molar-refractivity contribution is -0.153.